The summed E-state index contributed by atoms with van der Waals surface area (Å²) in [6, 6.07) is 6.47. The van der Waals surface area contributed by atoms with Crippen LogP contribution in [0.5, 0.6) is 0 Å². The molecule has 2 aliphatic rings. The number of hydrogen-bond donors (Lipinski definition) is 3. The largest absolute Gasteiger partial charge is 0.376 e. The zero-order valence-corrected chi connectivity index (χ0v) is 20.9. The van der Waals surface area contributed by atoms with Crippen LogP contribution in [-0.2, 0) is 22.6 Å². The third-order valence-corrected chi connectivity index (χ3v) is 7.11. The normalized spacial score (nSPS) is 18.2. The number of hydrogen-bond acceptors (Lipinski definition) is 6. The van der Waals surface area contributed by atoms with Crippen LogP contribution in [0, 0.1) is 6.92 Å². The summed E-state index contributed by atoms with van der Waals surface area (Å²) in [5, 5.41) is 12.8. The molecule has 0 bridgehead atoms. The van der Waals surface area contributed by atoms with Crippen LogP contribution < -0.4 is 21.9 Å². The molecule has 1 aliphatic carbocycles. The minimum absolute atomic E-state index is 0.109. The third kappa shape index (κ3) is 5.51. The summed E-state index contributed by atoms with van der Waals surface area (Å²) >= 11 is 0. The molecule has 1 aliphatic heterocycles. The van der Waals surface area contributed by atoms with Crippen molar-refractivity contribution >= 4 is 28.5 Å². The zero-order valence-electron chi connectivity index (χ0n) is 20.9. The maximum absolute atomic E-state index is 13.5. The van der Waals surface area contributed by atoms with Gasteiger partial charge in [0.1, 0.15) is 6.54 Å². The molecule has 3 heterocycles. The third-order valence-electron chi connectivity index (χ3n) is 7.11. The molecule has 1 saturated carbocycles. The topological polar surface area (TPSA) is 140 Å². The van der Waals surface area contributed by atoms with Crippen molar-refractivity contribution in [2.45, 2.75) is 77.1 Å². The molecule has 37 heavy (non-hydrogen) atoms. The molecular weight excluding hydrogens is 476 g/mol. The van der Waals surface area contributed by atoms with Crippen LogP contribution in [-0.4, -0.2) is 49.9 Å². The number of H-pyrrole nitrogens is 1. The van der Waals surface area contributed by atoms with Gasteiger partial charge in [0.05, 0.1) is 23.6 Å². The van der Waals surface area contributed by atoms with E-state index in [-0.39, 0.29) is 42.0 Å². The lowest BCUT2D eigenvalue weighted by Gasteiger charge is -2.23. The Morgan fingerprint density at radius 1 is 1.08 bits per heavy atom. The summed E-state index contributed by atoms with van der Waals surface area (Å²) in [5.41, 5.74) is 0.270. The number of fused-ring (bicyclic) bond motifs is 1. The molecule has 2 amide bonds. The highest BCUT2D eigenvalue weighted by molar-refractivity contribution is 5.98. The van der Waals surface area contributed by atoms with E-state index in [1.807, 2.05) is 6.92 Å². The molecule has 0 spiro atoms. The van der Waals surface area contributed by atoms with Gasteiger partial charge in [-0.1, -0.05) is 19.3 Å². The Labute approximate surface area is 213 Å². The van der Waals surface area contributed by atoms with Crippen molar-refractivity contribution in [1.29, 1.82) is 0 Å². The summed E-state index contributed by atoms with van der Waals surface area (Å²) in [7, 11) is 0. The maximum Gasteiger partial charge on any atom is 0.332 e. The Balaban J connectivity index is 1.51. The van der Waals surface area contributed by atoms with Crippen LogP contribution in [0.4, 0.5) is 5.82 Å². The smallest absolute Gasteiger partial charge is 0.332 e. The first-order valence-electron chi connectivity index (χ1n) is 12.9. The molecular formula is C26H32N6O5. The van der Waals surface area contributed by atoms with Gasteiger partial charge in [0, 0.05) is 30.0 Å². The number of rotatable bonds is 7. The molecule has 196 valence electrons. The second-order valence-corrected chi connectivity index (χ2v) is 9.94. The lowest BCUT2D eigenvalue weighted by atomic mass is 9.95. The Morgan fingerprint density at radius 3 is 2.59 bits per heavy atom. The second kappa shape index (κ2) is 10.7. The summed E-state index contributed by atoms with van der Waals surface area (Å²) in [4.78, 5) is 52.8. The number of nitrogens with zero attached hydrogens (tertiary/aromatic N) is 3. The number of carbonyl (C=O) groups is 2. The maximum atomic E-state index is 13.5. The SMILES string of the molecule is Cc1cc(NC(=O)Cn2c(=O)n(C[C@@H]3CCCO3)c(=O)c3ccc(C(=O)NC4CCCCC4)cc32)n[nH]1. The summed E-state index contributed by atoms with van der Waals surface area (Å²) < 4.78 is 8.03. The number of carbonyl (C=O) groups excluding carboxylic acids is 2. The lowest BCUT2D eigenvalue weighted by Crippen LogP contribution is -2.44. The van der Waals surface area contributed by atoms with Gasteiger partial charge in [0.2, 0.25) is 5.91 Å². The van der Waals surface area contributed by atoms with Gasteiger partial charge in [-0.25, -0.2) is 4.79 Å². The molecule has 0 unspecified atom stereocenters. The fourth-order valence-corrected chi connectivity index (χ4v) is 5.19. The van der Waals surface area contributed by atoms with Gasteiger partial charge >= 0.3 is 5.69 Å². The van der Waals surface area contributed by atoms with Crippen molar-refractivity contribution in [2.24, 2.45) is 0 Å². The molecule has 2 fully saturated rings. The number of benzene rings is 1. The van der Waals surface area contributed by atoms with Crippen LogP contribution in [0.15, 0.2) is 33.9 Å². The highest BCUT2D eigenvalue weighted by Gasteiger charge is 2.23. The number of amides is 2. The summed E-state index contributed by atoms with van der Waals surface area (Å²) in [6.45, 7) is 2.16. The molecule has 3 N–H and O–H groups in total. The van der Waals surface area contributed by atoms with Gasteiger partial charge in [0.15, 0.2) is 5.82 Å². The Morgan fingerprint density at radius 2 is 1.89 bits per heavy atom. The van der Waals surface area contributed by atoms with Gasteiger partial charge in [-0.05, 0) is 50.8 Å². The molecule has 1 atom stereocenters. The van der Waals surface area contributed by atoms with Gasteiger partial charge in [-0.3, -0.25) is 28.6 Å². The fourth-order valence-electron chi connectivity index (χ4n) is 5.19. The Kier molecular flexibility index (Phi) is 7.22. The van der Waals surface area contributed by atoms with E-state index in [1.54, 1.807) is 18.2 Å². The second-order valence-electron chi connectivity index (χ2n) is 9.94. The average Bonchev–Trinajstić information content (AvgIpc) is 3.56. The first-order chi connectivity index (χ1) is 17.9. The molecule has 2 aromatic heterocycles. The van der Waals surface area contributed by atoms with Gasteiger partial charge in [0.25, 0.3) is 11.5 Å². The molecule has 1 saturated heterocycles. The van der Waals surface area contributed by atoms with Crippen molar-refractivity contribution < 1.29 is 14.3 Å². The fraction of sp³-hybridized carbons (Fsp3) is 0.500. The van der Waals surface area contributed by atoms with Crippen LogP contribution in [0.3, 0.4) is 0 Å². The predicted octanol–water partition coefficient (Wildman–Crippen LogP) is 2.07. The lowest BCUT2D eigenvalue weighted by molar-refractivity contribution is -0.116. The Hall–Kier alpha value is -3.73. The number of aryl methyl sites for hydroxylation is 1. The van der Waals surface area contributed by atoms with Crippen molar-refractivity contribution in [3.8, 4) is 0 Å². The molecule has 1 aromatic carbocycles. The van der Waals surface area contributed by atoms with Gasteiger partial charge < -0.3 is 15.4 Å². The zero-order chi connectivity index (χ0) is 25.9. The molecule has 5 rings (SSSR count). The van der Waals surface area contributed by atoms with Crippen molar-refractivity contribution in [1.82, 2.24) is 24.6 Å². The van der Waals surface area contributed by atoms with E-state index < -0.39 is 17.2 Å². The van der Waals surface area contributed by atoms with Crippen molar-refractivity contribution in [2.75, 3.05) is 11.9 Å². The molecule has 0 radical (unpaired) electrons. The molecule has 3 aromatic rings. The van der Waals surface area contributed by atoms with Gasteiger partial charge in [-0.15, -0.1) is 0 Å². The molecule has 11 heteroatoms. The standard InChI is InChI=1S/C26H32N6O5/c1-16-12-22(30-29-16)28-23(33)15-31-21-13-17(24(34)27-18-6-3-2-4-7-18)9-10-20(21)25(35)32(26(31)36)14-19-8-5-11-37-19/h9-10,12-13,18-19H,2-8,11,14-15H2,1H3,(H,27,34)(H2,28,29,30,33)/t19-/m0/s1. The van der Waals surface area contributed by atoms with Crippen molar-refractivity contribution in [3.05, 3.63) is 56.4 Å². The van der Waals surface area contributed by atoms with E-state index in [0.29, 0.717) is 18.0 Å². The molecule has 11 nitrogen and oxygen atoms in total. The number of aromatic amines is 1. The van der Waals surface area contributed by atoms with E-state index in [9.17, 15) is 19.2 Å². The first kappa shape index (κ1) is 24.9. The predicted molar refractivity (Wildman–Crippen MR) is 138 cm³/mol. The first-order valence-corrected chi connectivity index (χ1v) is 12.9. The van der Waals surface area contributed by atoms with Crippen LogP contribution >= 0.6 is 0 Å². The highest BCUT2D eigenvalue weighted by Crippen LogP contribution is 2.19. The van der Waals surface area contributed by atoms with Crippen molar-refractivity contribution in [3.63, 3.8) is 0 Å². The minimum Gasteiger partial charge on any atom is -0.376 e. The average molecular weight is 509 g/mol. The number of ether oxygens (including phenoxy) is 1. The van der Waals surface area contributed by atoms with Crippen LogP contribution in [0.25, 0.3) is 10.9 Å². The minimum atomic E-state index is -0.619. The van der Waals surface area contributed by atoms with E-state index in [0.717, 1.165) is 48.8 Å². The number of anilines is 1. The van der Waals surface area contributed by atoms with E-state index in [4.69, 9.17) is 4.74 Å². The quantitative estimate of drug-likeness (QED) is 0.446. The van der Waals surface area contributed by atoms with Crippen LogP contribution in [0.2, 0.25) is 0 Å². The van der Waals surface area contributed by atoms with E-state index in [2.05, 4.69) is 20.8 Å². The van der Waals surface area contributed by atoms with E-state index >= 15 is 0 Å². The monoisotopic (exact) mass is 508 g/mol. The van der Waals surface area contributed by atoms with Gasteiger partial charge in [-0.2, -0.15) is 5.10 Å². The van der Waals surface area contributed by atoms with Crippen LogP contribution in [0.1, 0.15) is 61.0 Å². The highest BCUT2D eigenvalue weighted by atomic mass is 16.5. The van der Waals surface area contributed by atoms with E-state index in [1.165, 1.54) is 17.1 Å². The number of aromatic nitrogens is 4. The summed E-state index contributed by atoms with van der Waals surface area (Å²) in [5.74, 6) is -0.401. The Bertz CT molecular complexity index is 1430. The number of nitrogens with one attached hydrogen (secondary N) is 3. The summed E-state index contributed by atoms with van der Waals surface area (Å²) in [6.07, 6.45) is 6.59.